The van der Waals surface area contributed by atoms with E-state index in [9.17, 15) is 9.90 Å². The Hall–Kier alpha value is -3.26. The molecule has 3 rings (SSSR count). The van der Waals surface area contributed by atoms with Gasteiger partial charge in [-0.3, -0.25) is 10.3 Å². The van der Waals surface area contributed by atoms with Gasteiger partial charge in [-0.2, -0.15) is 0 Å². The summed E-state index contributed by atoms with van der Waals surface area (Å²) in [5, 5.41) is 19.4. The van der Waals surface area contributed by atoms with E-state index in [0.717, 1.165) is 22.1 Å². The molecule has 0 bridgehead atoms. The zero-order chi connectivity index (χ0) is 21.0. The summed E-state index contributed by atoms with van der Waals surface area (Å²) in [5.41, 5.74) is 4.21. The lowest BCUT2D eigenvalue weighted by molar-refractivity contribution is 0.169. The minimum atomic E-state index is -0.568. The van der Waals surface area contributed by atoms with Crippen molar-refractivity contribution in [2.45, 2.75) is 33.3 Å². The Kier molecular flexibility index (Phi) is 6.23. The number of rotatable bonds is 6. The molecular weight excluding hydrogens is 368 g/mol. The van der Waals surface area contributed by atoms with Crippen molar-refractivity contribution >= 4 is 28.6 Å². The number of aromatic nitrogens is 3. The van der Waals surface area contributed by atoms with E-state index in [-0.39, 0.29) is 6.03 Å². The summed E-state index contributed by atoms with van der Waals surface area (Å²) in [6.07, 6.45) is 3.50. The Labute approximate surface area is 169 Å². The standard InChI is InChI=1S/C21H26N6O2/c1-5-18(28)17-7-12(3)15(11-24-17)14-8-13-10-25-19(27-21(29)23-6-2)9-16(13)26-20(14)22-4/h7-11,18,28H,5-6H2,1-4H3,(H,22,26)(H2,23,25,27,29). The first-order chi connectivity index (χ1) is 14.0. The molecule has 152 valence electrons. The van der Waals surface area contributed by atoms with E-state index in [2.05, 4.69) is 25.9 Å². The second kappa shape index (κ2) is 8.83. The van der Waals surface area contributed by atoms with Gasteiger partial charge in [-0.1, -0.05) is 6.92 Å². The van der Waals surface area contributed by atoms with Gasteiger partial charge in [-0.25, -0.2) is 14.8 Å². The third-order valence-electron chi connectivity index (χ3n) is 4.67. The van der Waals surface area contributed by atoms with E-state index in [1.54, 1.807) is 18.5 Å². The molecule has 4 N–H and O–H groups in total. The number of amides is 2. The van der Waals surface area contributed by atoms with Gasteiger partial charge in [0.1, 0.15) is 11.6 Å². The number of anilines is 2. The SMILES string of the molecule is CCNC(=O)Nc1cc2nc(NC)c(-c3cnc(C(O)CC)cc3C)cc2cn1. The van der Waals surface area contributed by atoms with Gasteiger partial charge < -0.3 is 15.7 Å². The van der Waals surface area contributed by atoms with Crippen LogP contribution in [0.4, 0.5) is 16.4 Å². The summed E-state index contributed by atoms with van der Waals surface area (Å²) >= 11 is 0. The molecule has 3 aromatic heterocycles. The van der Waals surface area contributed by atoms with Gasteiger partial charge in [0.05, 0.1) is 17.3 Å². The zero-order valence-corrected chi connectivity index (χ0v) is 17.1. The van der Waals surface area contributed by atoms with Crippen LogP contribution in [-0.2, 0) is 0 Å². The summed E-state index contributed by atoms with van der Waals surface area (Å²) in [4.78, 5) is 25.2. The number of hydrogen-bond acceptors (Lipinski definition) is 6. The van der Waals surface area contributed by atoms with Crippen molar-refractivity contribution in [2.24, 2.45) is 0 Å². The Morgan fingerprint density at radius 2 is 1.93 bits per heavy atom. The van der Waals surface area contributed by atoms with Crippen molar-refractivity contribution in [1.82, 2.24) is 20.3 Å². The number of carbonyl (C=O) groups excluding carboxylic acids is 1. The van der Waals surface area contributed by atoms with Gasteiger partial charge in [0, 0.05) is 48.6 Å². The van der Waals surface area contributed by atoms with Gasteiger partial charge >= 0.3 is 6.03 Å². The molecule has 0 aliphatic carbocycles. The van der Waals surface area contributed by atoms with Crippen molar-refractivity contribution in [2.75, 3.05) is 24.2 Å². The molecule has 0 spiro atoms. The van der Waals surface area contributed by atoms with Crippen LogP contribution < -0.4 is 16.0 Å². The molecule has 3 aromatic rings. The summed E-state index contributed by atoms with van der Waals surface area (Å²) in [6.45, 7) is 6.29. The number of aliphatic hydroxyl groups excluding tert-OH is 1. The monoisotopic (exact) mass is 394 g/mol. The smallest absolute Gasteiger partial charge is 0.320 e. The quantitative estimate of drug-likeness (QED) is 0.508. The van der Waals surface area contributed by atoms with E-state index in [4.69, 9.17) is 4.98 Å². The highest BCUT2D eigenvalue weighted by atomic mass is 16.3. The van der Waals surface area contributed by atoms with Crippen LogP contribution in [0.3, 0.4) is 0 Å². The van der Waals surface area contributed by atoms with Crippen LogP contribution >= 0.6 is 0 Å². The fourth-order valence-electron chi connectivity index (χ4n) is 3.10. The van der Waals surface area contributed by atoms with E-state index < -0.39 is 6.10 Å². The number of nitrogens with one attached hydrogen (secondary N) is 3. The average Bonchev–Trinajstić information content (AvgIpc) is 2.72. The predicted octanol–water partition coefficient (Wildman–Crippen LogP) is 3.63. The van der Waals surface area contributed by atoms with Crippen LogP contribution in [0.2, 0.25) is 0 Å². The highest BCUT2D eigenvalue weighted by Crippen LogP contribution is 2.33. The van der Waals surface area contributed by atoms with E-state index >= 15 is 0 Å². The van der Waals surface area contributed by atoms with Crippen molar-refractivity contribution in [3.63, 3.8) is 0 Å². The number of nitrogens with zero attached hydrogens (tertiary/aromatic N) is 3. The van der Waals surface area contributed by atoms with Gasteiger partial charge in [-0.15, -0.1) is 0 Å². The van der Waals surface area contributed by atoms with Crippen LogP contribution in [0, 0.1) is 6.92 Å². The summed E-state index contributed by atoms with van der Waals surface area (Å²) < 4.78 is 0. The zero-order valence-electron chi connectivity index (χ0n) is 17.1. The van der Waals surface area contributed by atoms with Gasteiger partial charge in [-0.05, 0) is 38.0 Å². The second-order valence-corrected chi connectivity index (χ2v) is 6.73. The van der Waals surface area contributed by atoms with Crippen LogP contribution in [0.5, 0.6) is 0 Å². The van der Waals surface area contributed by atoms with Gasteiger partial charge in [0.25, 0.3) is 0 Å². The molecule has 1 atom stereocenters. The number of pyridine rings is 3. The molecule has 0 radical (unpaired) electrons. The minimum Gasteiger partial charge on any atom is -0.387 e. The van der Waals surface area contributed by atoms with E-state index in [1.807, 2.05) is 40.0 Å². The lowest BCUT2D eigenvalue weighted by Gasteiger charge is -2.15. The molecule has 0 aliphatic rings. The van der Waals surface area contributed by atoms with Crippen molar-refractivity contribution in [1.29, 1.82) is 0 Å². The molecule has 8 nitrogen and oxygen atoms in total. The summed E-state index contributed by atoms with van der Waals surface area (Å²) in [6, 6.07) is 5.34. The maximum absolute atomic E-state index is 11.7. The number of fused-ring (bicyclic) bond motifs is 1. The maximum Gasteiger partial charge on any atom is 0.320 e. The van der Waals surface area contributed by atoms with Crippen molar-refractivity contribution < 1.29 is 9.90 Å². The first-order valence-corrected chi connectivity index (χ1v) is 9.65. The Morgan fingerprint density at radius 3 is 2.59 bits per heavy atom. The average molecular weight is 394 g/mol. The predicted molar refractivity (Wildman–Crippen MR) is 115 cm³/mol. The molecule has 1 unspecified atom stereocenters. The van der Waals surface area contributed by atoms with Crippen molar-refractivity contribution in [3.8, 4) is 11.1 Å². The Bertz CT molecular complexity index is 1040. The van der Waals surface area contributed by atoms with Gasteiger partial charge in [0.2, 0.25) is 0 Å². The summed E-state index contributed by atoms with van der Waals surface area (Å²) in [7, 11) is 1.81. The molecule has 29 heavy (non-hydrogen) atoms. The third-order valence-corrected chi connectivity index (χ3v) is 4.67. The number of carbonyl (C=O) groups is 1. The summed E-state index contributed by atoms with van der Waals surface area (Å²) in [5.74, 6) is 1.13. The fraction of sp³-hybridized carbons (Fsp3) is 0.333. The maximum atomic E-state index is 11.7. The third kappa shape index (κ3) is 4.43. The molecule has 2 amide bonds. The molecule has 8 heteroatoms. The molecule has 0 aliphatic heterocycles. The van der Waals surface area contributed by atoms with Crippen molar-refractivity contribution in [3.05, 3.63) is 41.9 Å². The number of urea groups is 1. The first-order valence-electron chi connectivity index (χ1n) is 9.65. The molecule has 0 saturated carbocycles. The molecule has 0 aromatic carbocycles. The van der Waals surface area contributed by atoms with E-state index in [1.165, 1.54) is 0 Å². The highest BCUT2D eigenvalue weighted by molar-refractivity contribution is 5.93. The number of aliphatic hydroxyl groups is 1. The lowest BCUT2D eigenvalue weighted by Crippen LogP contribution is -2.28. The Balaban J connectivity index is 2.02. The normalized spacial score (nSPS) is 11.9. The molecule has 3 heterocycles. The largest absolute Gasteiger partial charge is 0.387 e. The van der Waals surface area contributed by atoms with Crippen LogP contribution in [0.1, 0.15) is 37.6 Å². The highest BCUT2D eigenvalue weighted by Gasteiger charge is 2.14. The van der Waals surface area contributed by atoms with Crippen LogP contribution in [0.25, 0.3) is 22.0 Å². The number of aryl methyl sites for hydroxylation is 1. The fourth-order valence-corrected chi connectivity index (χ4v) is 3.10. The lowest BCUT2D eigenvalue weighted by atomic mass is 10.00. The second-order valence-electron chi connectivity index (χ2n) is 6.73. The first kappa shape index (κ1) is 20.5. The van der Waals surface area contributed by atoms with Crippen LogP contribution in [0.15, 0.2) is 30.6 Å². The molecule has 0 fully saturated rings. The molecule has 0 saturated heterocycles. The minimum absolute atomic E-state index is 0.305. The van der Waals surface area contributed by atoms with Crippen LogP contribution in [-0.4, -0.2) is 39.7 Å². The van der Waals surface area contributed by atoms with Gasteiger partial charge in [0.15, 0.2) is 0 Å². The Morgan fingerprint density at radius 1 is 1.14 bits per heavy atom. The molecular formula is C21H26N6O2. The number of hydrogen-bond donors (Lipinski definition) is 4. The topological polar surface area (TPSA) is 112 Å². The van der Waals surface area contributed by atoms with E-state index in [0.29, 0.717) is 35.8 Å².